The summed E-state index contributed by atoms with van der Waals surface area (Å²) in [4.78, 5) is 17.5. The van der Waals surface area contributed by atoms with Gasteiger partial charge in [-0.15, -0.1) is 11.3 Å². The Morgan fingerprint density at radius 1 is 1.21 bits per heavy atom. The molecule has 0 bridgehead atoms. The van der Waals surface area contributed by atoms with E-state index in [1.165, 1.54) is 20.9 Å². The Morgan fingerprint density at radius 2 is 1.97 bits per heavy atom. The normalized spacial score (nSPS) is 28.5. The maximum absolute atomic E-state index is 12.9. The van der Waals surface area contributed by atoms with E-state index in [9.17, 15) is 9.90 Å². The van der Waals surface area contributed by atoms with Crippen LogP contribution in [0.2, 0.25) is 0 Å². The number of nitrogens with zero attached hydrogens (tertiary/aromatic N) is 1. The van der Waals surface area contributed by atoms with Gasteiger partial charge in [0.05, 0.1) is 12.7 Å². The SMILES string of the molecule is N[C@@H]1C[C@H](C(=O)N2CCC3(CC2)OCCc2cc(-c4ccccc4)sc23)C[C@H]1O. The fraction of sp³-hybridized carbons (Fsp3) is 0.522. The van der Waals surface area contributed by atoms with Gasteiger partial charge >= 0.3 is 0 Å². The molecule has 5 rings (SSSR count). The number of aliphatic hydroxyl groups is 1. The van der Waals surface area contributed by atoms with Gasteiger partial charge in [-0.25, -0.2) is 0 Å². The molecule has 2 fully saturated rings. The van der Waals surface area contributed by atoms with Crippen molar-refractivity contribution < 1.29 is 14.6 Å². The zero-order chi connectivity index (χ0) is 20.0. The number of hydrogen-bond donors (Lipinski definition) is 2. The van der Waals surface area contributed by atoms with Crippen molar-refractivity contribution in [2.24, 2.45) is 11.7 Å². The predicted octanol–water partition coefficient (Wildman–Crippen LogP) is 2.90. The molecule has 1 aromatic heterocycles. The van der Waals surface area contributed by atoms with Crippen LogP contribution in [0.5, 0.6) is 0 Å². The average Bonchev–Trinajstić information content (AvgIpc) is 3.33. The van der Waals surface area contributed by atoms with Gasteiger partial charge in [0, 0.05) is 34.8 Å². The fourth-order valence-electron chi connectivity index (χ4n) is 5.13. The standard InChI is InChI=1S/C23H28N2O3S/c24-18-12-17(13-19(18)26)22(27)25-9-7-23(8-10-25)21-16(6-11-28-23)14-20(29-21)15-4-2-1-3-5-15/h1-5,14,17-19,26H,6-13,24H2/t17-,18+,19+/m0/s1. The minimum Gasteiger partial charge on any atom is -0.391 e. The molecule has 6 heteroatoms. The van der Waals surface area contributed by atoms with Gasteiger partial charge < -0.3 is 20.5 Å². The molecule has 5 nitrogen and oxygen atoms in total. The van der Waals surface area contributed by atoms with Crippen LogP contribution in [0.1, 0.15) is 36.1 Å². The van der Waals surface area contributed by atoms with Gasteiger partial charge in [-0.05, 0) is 49.3 Å². The molecule has 0 unspecified atom stereocenters. The monoisotopic (exact) mass is 412 g/mol. The number of rotatable bonds is 2. The Balaban J connectivity index is 1.33. The number of hydrogen-bond acceptors (Lipinski definition) is 5. The Hall–Kier alpha value is -1.73. The van der Waals surface area contributed by atoms with Crippen molar-refractivity contribution in [1.82, 2.24) is 4.90 Å². The summed E-state index contributed by atoms with van der Waals surface area (Å²) in [6.45, 7) is 2.16. The first-order chi connectivity index (χ1) is 14.1. The van der Waals surface area contributed by atoms with Crippen molar-refractivity contribution in [3.63, 3.8) is 0 Å². The molecule has 1 aliphatic carbocycles. The summed E-state index contributed by atoms with van der Waals surface area (Å²) in [5, 5.41) is 9.91. The summed E-state index contributed by atoms with van der Waals surface area (Å²) in [6.07, 6.45) is 3.16. The lowest BCUT2D eigenvalue weighted by Gasteiger charge is -2.44. The molecule has 2 aliphatic heterocycles. The Labute approximate surface area is 175 Å². The quantitative estimate of drug-likeness (QED) is 0.795. The molecule has 3 N–H and O–H groups in total. The number of nitrogens with two attached hydrogens (primary N) is 1. The summed E-state index contributed by atoms with van der Waals surface area (Å²) in [6, 6.07) is 12.6. The highest BCUT2D eigenvalue weighted by atomic mass is 32.1. The van der Waals surface area contributed by atoms with Crippen LogP contribution >= 0.6 is 11.3 Å². The molecule has 1 amide bonds. The predicted molar refractivity (Wildman–Crippen MR) is 114 cm³/mol. The van der Waals surface area contributed by atoms with Crippen molar-refractivity contribution in [2.75, 3.05) is 19.7 Å². The summed E-state index contributed by atoms with van der Waals surface area (Å²) < 4.78 is 6.38. The lowest BCUT2D eigenvalue weighted by molar-refractivity contribution is -0.144. The Morgan fingerprint density at radius 3 is 2.66 bits per heavy atom. The molecule has 3 heterocycles. The first-order valence-electron chi connectivity index (χ1n) is 10.6. The van der Waals surface area contributed by atoms with Crippen molar-refractivity contribution in [3.05, 3.63) is 46.8 Å². The lowest BCUT2D eigenvalue weighted by Crippen LogP contribution is -2.49. The van der Waals surface area contributed by atoms with E-state index >= 15 is 0 Å². The number of likely N-dealkylation sites (tertiary alicyclic amines) is 1. The van der Waals surface area contributed by atoms with Crippen molar-refractivity contribution in [1.29, 1.82) is 0 Å². The van der Waals surface area contributed by atoms with Crippen LogP contribution in [-0.2, 0) is 21.6 Å². The highest BCUT2D eigenvalue weighted by Gasteiger charge is 2.45. The Bertz CT molecular complexity index is 879. The number of ether oxygens (including phenoxy) is 1. The summed E-state index contributed by atoms with van der Waals surface area (Å²) >= 11 is 1.85. The van der Waals surface area contributed by atoms with Gasteiger partial charge in [0.25, 0.3) is 0 Å². The molecule has 1 aromatic carbocycles. The van der Waals surface area contributed by atoms with Crippen LogP contribution in [0.15, 0.2) is 36.4 Å². The van der Waals surface area contributed by atoms with E-state index in [-0.39, 0.29) is 23.5 Å². The summed E-state index contributed by atoms with van der Waals surface area (Å²) in [5.74, 6) is 0.0161. The first-order valence-corrected chi connectivity index (χ1v) is 11.4. The number of thiophene rings is 1. The second kappa shape index (κ2) is 7.51. The largest absolute Gasteiger partial charge is 0.391 e. The van der Waals surface area contributed by atoms with E-state index in [1.807, 2.05) is 22.3 Å². The second-order valence-electron chi connectivity index (χ2n) is 8.65. The number of carbonyl (C=O) groups excluding carboxylic acids is 1. The lowest BCUT2D eigenvalue weighted by atomic mass is 9.85. The highest BCUT2D eigenvalue weighted by Crippen LogP contribution is 2.47. The number of carbonyl (C=O) groups is 1. The molecule has 29 heavy (non-hydrogen) atoms. The number of amides is 1. The van der Waals surface area contributed by atoms with Crippen LogP contribution in [-0.4, -0.2) is 47.8 Å². The molecular weight excluding hydrogens is 384 g/mol. The number of benzene rings is 1. The topological polar surface area (TPSA) is 75.8 Å². The summed E-state index contributed by atoms with van der Waals surface area (Å²) in [5.41, 5.74) is 8.32. The third-order valence-corrected chi connectivity index (χ3v) is 8.25. The summed E-state index contributed by atoms with van der Waals surface area (Å²) in [7, 11) is 0. The number of aliphatic hydroxyl groups excluding tert-OH is 1. The van der Waals surface area contributed by atoms with Gasteiger partial charge in [-0.3, -0.25) is 4.79 Å². The maximum Gasteiger partial charge on any atom is 0.225 e. The third kappa shape index (κ3) is 3.42. The van der Waals surface area contributed by atoms with Gasteiger partial charge in [-0.2, -0.15) is 0 Å². The van der Waals surface area contributed by atoms with Crippen LogP contribution in [0.25, 0.3) is 10.4 Å². The molecule has 3 atom stereocenters. The van der Waals surface area contributed by atoms with E-state index in [0.717, 1.165) is 25.9 Å². The molecular formula is C23H28N2O3S. The van der Waals surface area contributed by atoms with Gasteiger partial charge in [0.1, 0.15) is 5.60 Å². The average molecular weight is 413 g/mol. The molecule has 1 saturated carbocycles. The van der Waals surface area contributed by atoms with Crippen molar-refractivity contribution in [3.8, 4) is 10.4 Å². The van der Waals surface area contributed by atoms with Crippen LogP contribution in [0.3, 0.4) is 0 Å². The zero-order valence-electron chi connectivity index (χ0n) is 16.5. The number of fused-ring (bicyclic) bond motifs is 2. The van der Waals surface area contributed by atoms with E-state index in [2.05, 4.69) is 30.3 Å². The van der Waals surface area contributed by atoms with Crippen LogP contribution in [0, 0.1) is 5.92 Å². The molecule has 1 spiro atoms. The smallest absolute Gasteiger partial charge is 0.225 e. The Kier molecular flexibility index (Phi) is 4.98. The maximum atomic E-state index is 12.9. The molecule has 154 valence electrons. The highest BCUT2D eigenvalue weighted by molar-refractivity contribution is 7.15. The minimum atomic E-state index is -0.549. The molecule has 1 saturated heterocycles. The van der Waals surface area contributed by atoms with E-state index in [4.69, 9.17) is 10.5 Å². The van der Waals surface area contributed by atoms with E-state index in [0.29, 0.717) is 25.9 Å². The van der Waals surface area contributed by atoms with Gasteiger partial charge in [0.2, 0.25) is 5.91 Å². The second-order valence-corrected chi connectivity index (χ2v) is 9.70. The van der Waals surface area contributed by atoms with Crippen molar-refractivity contribution in [2.45, 2.75) is 49.9 Å². The van der Waals surface area contributed by atoms with Crippen molar-refractivity contribution >= 4 is 17.2 Å². The van der Waals surface area contributed by atoms with Gasteiger partial charge in [0.15, 0.2) is 0 Å². The van der Waals surface area contributed by atoms with E-state index in [1.54, 1.807) is 0 Å². The first kappa shape index (κ1) is 19.2. The zero-order valence-corrected chi connectivity index (χ0v) is 17.4. The molecule has 2 aromatic rings. The molecule has 0 radical (unpaired) electrons. The van der Waals surface area contributed by atoms with Crippen LogP contribution in [0.4, 0.5) is 0 Å². The van der Waals surface area contributed by atoms with E-state index < -0.39 is 6.10 Å². The molecule has 3 aliphatic rings. The fourth-order valence-corrected chi connectivity index (χ4v) is 6.55. The van der Waals surface area contributed by atoms with Crippen LogP contribution < -0.4 is 5.73 Å². The third-order valence-electron chi connectivity index (χ3n) is 6.84. The minimum absolute atomic E-state index is 0.136. The number of piperidine rings is 1. The van der Waals surface area contributed by atoms with Gasteiger partial charge in [-0.1, -0.05) is 30.3 Å².